The highest BCUT2D eigenvalue weighted by Crippen LogP contribution is 2.40. The van der Waals surface area contributed by atoms with Gasteiger partial charge in [0.15, 0.2) is 0 Å². The van der Waals surface area contributed by atoms with Crippen LogP contribution in [0, 0.1) is 0 Å². The van der Waals surface area contributed by atoms with Gasteiger partial charge in [-0.05, 0) is 50.3 Å². The first-order valence-corrected chi connectivity index (χ1v) is 8.10. The molecule has 1 N–H and O–H groups in total. The zero-order chi connectivity index (χ0) is 14.9. The van der Waals surface area contributed by atoms with E-state index in [1.54, 1.807) is 26.0 Å². The van der Waals surface area contributed by atoms with Crippen LogP contribution in [0.25, 0.3) is 0 Å². The Hall–Kier alpha value is -1.40. The molecule has 0 radical (unpaired) electrons. The van der Waals surface area contributed by atoms with Crippen LogP contribution in [0.15, 0.2) is 29.2 Å². The van der Waals surface area contributed by atoms with E-state index < -0.39 is 28.6 Å². The highest BCUT2D eigenvalue weighted by molar-refractivity contribution is 7.89. The molecule has 0 unspecified atom stereocenters. The van der Waals surface area contributed by atoms with E-state index in [1.807, 2.05) is 12.1 Å². The Kier molecular flexibility index (Phi) is 4.15. The van der Waals surface area contributed by atoms with Crippen LogP contribution in [0.2, 0.25) is 0 Å². The quantitative estimate of drug-likeness (QED) is 0.872. The molecular weight excluding hydrogens is 278 g/mol. The Morgan fingerprint density at radius 1 is 1.30 bits per heavy atom. The van der Waals surface area contributed by atoms with Crippen LogP contribution in [0.1, 0.15) is 38.2 Å². The molecule has 1 aliphatic carbocycles. The number of nitrogens with zero attached hydrogens (tertiary/aromatic N) is 1. The molecule has 0 spiro atoms. The number of aliphatic carboxylic acids is 1. The van der Waals surface area contributed by atoms with Crippen LogP contribution in [0.4, 0.5) is 0 Å². The Labute approximate surface area is 119 Å². The lowest BCUT2D eigenvalue weighted by atomic mass is 10.1. The number of sulfonamides is 1. The van der Waals surface area contributed by atoms with Gasteiger partial charge >= 0.3 is 5.97 Å². The molecule has 1 saturated carbocycles. The van der Waals surface area contributed by atoms with Gasteiger partial charge in [0.1, 0.15) is 6.54 Å². The largest absolute Gasteiger partial charge is 0.480 e. The van der Waals surface area contributed by atoms with Crippen molar-refractivity contribution < 1.29 is 18.3 Å². The fourth-order valence-corrected chi connectivity index (χ4v) is 3.73. The predicted molar refractivity (Wildman–Crippen MR) is 75.1 cm³/mol. The average molecular weight is 297 g/mol. The summed E-state index contributed by atoms with van der Waals surface area (Å²) in [6.07, 6.45) is 2.31. The van der Waals surface area contributed by atoms with Crippen molar-refractivity contribution in [3.05, 3.63) is 29.8 Å². The van der Waals surface area contributed by atoms with Gasteiger partial charge in [0.25, 0.3) is 0 Å². The molecule has 0 bridgehead atoms. The third-order valence-electron chi connectivity index (χ3n) is 3.40. The Morgan fingerprint density at radius 3 is 2.25 bits per heavy atom. The molecule has 0 amide bonds. The summed E-state index contributed by atoms with van der Waals surface area (Å²) in [5.41, 5.74) is 1.15. The standard InChI is InChI=1S/C14H19NO4S/c1-10(2)15(9-14(16)17)20(18,19)13-7-5-12(6-8-13)11-3-4-11/h5-8,10-11H,3-4,9H2,1-2H3,(H,16,17). The van der Waals surface area contributed by atoms with Crippen molar-refractivity contribution in [1.29, 1.82) is 0 Å². The van der Waals surface area contributed by atoms with Crippen LogP contribution in [0.5, 0.6) is 0 Å². The van der Waals surface area contributed by atoms with Crippen LogP contribution in [-0.2, 0) is 14.8 Å². The van der Waals surface area contributed by atoms with Crippen molar-refractivity contribution in [2.75, 3.05) is 6.54 Å². The molecule has 0 heterocycles. The number of hydrogen-bond donors (Lipinski definition) is 1. The van der Waals surface area contributed by atoms with E-state index in [1.165, 1.54) is 0 Å². The highest BCUT2D eigenvalue weighted by atomic mass is 32.2. The van der Waals surface area contributed by atoms with Crippen molar-refractivity contribution in [3.8, 4) is 0 Å². The van der Waals surface area contributed by atoms with Crippen LogP contribution in [0.3, 0.4) is 0 Å². The molecule has 0 aromatic heterocycles. The first-order chi connectivity index (χ1) is 9.32. The summed E-state index contributed by atoms with van der Waals surface area (Å²) in [6.45, 7) is 2.81. The van der Waals surface area contributed by atoms with E-state index >= 15 is 0 Å². The third kappa shape index (κ3) is 3.19. The van der Waals surface area contributed by atoms with Gasteiger partial charge in [0, 0.05) is 6.04 Å². The number of rotatable bonds is 6. The molecule has 110 valence electrons. The second-order valence-electron chi connectivity index (χ2n) is 5.38. The molecule has 5 nitrogen and oxygen atoms in total. The van der Waals surface area contributed by atoms with Gasteiger partial charge < -0.3 is 5.11 Å². The predicted octanol–water partition coefficient (Wildman–Crippen LogP) is 2.05. The lowest BCUT2D eigenvalue weighted by molar-refractivity contribution is -0.137. The Morgan fingerprint density at radius 2 is 1.85 bits per heavy atom. The van der Waals surface area contributed by atoms with Gasteiger partial charge in [-0.1, -0.05) is 12.1 Å². The summed E-state index contributed by atoms with van der Waals surface area (Å²) >= 11 is 0. The summed E-state index contributed by atoms with van der Waals surface area (Å²) in [5.74, 6) is -0.594. The van der Waals surface area contributed by atoms with Gasteiger partial charge in [0.05, 0.1) is 4.90 Å². The molecule has 6 heteroatoms. The van der Waals surface area contributed by atoms with Crippen molar-refractivity contribution in [2.24, 2.45) is 0 Å². The molecule has 1 aliphatic rings. The maximum Gasteiger partial charge on any atom is 0.318 e. The minimum absolute atomic E-state index is 0.150. The van der Waals surface area contributed by atoms with E-state index in [9.17, 15) is 13.2 Å². The van der Waals surface area contributed by atoms with Crippen molar-refractivity contribution >= 4 is 16.0 Å². The Balaban J connectivity index is 2.28. The second kappa shape index (κ2) is 5.54. The smallest absolute Gasteiger partial charge is 0.318 e. The van der Waals surface area contributed by atoms with Gasteiger partial charge in [0.2, 0.25) is 10.0 Å². The van der Waals surface area contributed by atoms with Crippen LogP contribution < -0.4 is 0 Å². The molecule has 1 aromatic carbocycles. The normalized spacial score (nSPS) is 15.8. The zero-order valence-corrected chi connectivity index (χ0v) is 12.4. The maximum absolute atomic E-state index is 12.5. The summed E-state index contributed by atoms with van der Waals surface area (Å²) in [6, 6.07) is 6.38. The van der Waals surface area contributed by atoms with Crippen molar-refractivity contribution in [1.82, 2.24) is 4.31 Å². The van der Waals surface area contributed by atoms with E-state index in [0.717, 1.165) is 22.7 Å². The summed E-state index contributed by atoms with van der Waals surface area (Å²) in [5, 5.41) is 8.86. The van der Waals surface area contributed by atoms with E-state index in [2.05, 4.69) is 0 Å². The monoisotopic (exact) mass is 297 g/mol. The number of carbonyl (C=O) groups is 1. The van der Waals surface area contributed by atoms with E-state index in [-0.39, 0.29) is 4.90 Å². The molecule has 20 heavy (non-hydrogen) atoms. The van der Waals surface area contributed by atoms with Crippen molar-refractivity contribution in [2.45, 2.75) is 43.5 Å². The van der Waals surface area contributed by atoms with E-state index in [4.69, 9.17) is 5.11 Å². The Bertz CT molecular complexity index is 588. The lowest BCUT2D eigenvalue weighted by Crippen LogP contribution is -2.40. The van der Waals surface area contributed by atoms with Crippen LogP contribution in [-0.4, -0.2) is 36.4 Å². The van der Waals surface area contributed by atoms with Gasteiger partial charge in [-0.25, -0.2) is 8.42 Å². The third-order valence-corrected chi connectivity index (χ3v) is 5.44. The van der Waals surface area contributed by atoms with Gasteiger partial charge in [-0.2, -0.15) is 4.31 Å². The van der Waals surface area contributed by atoms with Gasteiger partial charge in [-0.15, -0.1) is 0 Å². The molecule has 2 rings (SSSR count). The summed E-state index contributed by atoms with van der Waals surface area (Å²) < 4.78 is 25.9. The van der Waals surface area contributed by atoms with Crippen LogP contribution >= 0.6 is 0 Å². The second-order valence-corrected chi connectivity index (χ2v) is 7.27. The molecular formula is C14H19NO4S. The van der Waals surface area contributed by atoms with Gasteiger partial charge in [-0.3, -0.25) is 4.79 Å². The topological polar surface area (TPSA) is 74.7 Å². The fourth-order valence-electron chi connectivity index (χ4n) is 2.14. The minimum Gasteiger partial charge on any atom is -0.480 e. The lowest BCUT2D eigenvalue weighted by Gasteiger charge is -2.24. The average Bonchev–Trinajstić information content (AvgIpc) is 3.19. The first kappa shape index (κ1) is 15.0. The molecule has 0 saturated heterocycles. The van der Waals surface area contributed by atoms with E-state index in [0.29, 0.717) is 5.92 Å². The first-order valence-electron chi connectivity index (χ1n) is 6.66. The fraction of sp³-hybridized carbons (Fsp3) is 0.500. The highest BCUT2D eigenvalue weighted by Gasteiger charge is 2.29. The molecule has 1 aromatic rings. The maximum atomic E-state index is 12.5. The van der Waals surface area contributed by atoms with Crippen molar-refractivity contribution in [3.63, 3.8) is 0 Å². The SMILES string of the molecule is CC(C)N(CC(=O)O)S(=O)(=O)c1ccc(C2CC2)cc1. The molecule has 0 aliphatic heterocycles. The number of carboxylic acids is 1. The number of hydrogen-bond acceptors (Lipinski definition) is 3. The zero-order valence-electron chi connectivity index (χ0n) is 11.6. The molecule has 0 atom stereocenters. The summed E-state index contributed by atoms with van der Waals surface area (Å²) in [4.78, 5) is 11.0. The number of carboxylic acid groups (broad SMARTS) is 1. The summed E-state index contributed by atoms with van der Waals surface area (Å²) in [7, 11) is -3.76. The number of benzene rings is 1. The minimum atomic E-state index is -3.76. The molecule has 1 fully saturated rings.